The summed E-state index contributed by atoms with van der Waals surface area (Å²) < 4.78 is 0. The normalized spacial score (nSPS) is 22.1. The minimum absolute atomic E-state index is 0.0246. The summed E-state index contributed by atoms with van der Waals surface area (Å²) in [5, 5.41) is 23.5. The number of aryl methyl sites for hydroxylation is 1. The maximum atomic E-state index is 11.9. The Balaban J connectivity index is 1.44. The van der Waals surface area contributed by atoms with Gasteiger partial charge in [-0.05, 0) is 57.2 Å². The molecule has 0 radical (unpaired) electrons. The Hall–Kier alpha value is -1.43. The highest BCUT2D eigenvalue weighted by atomic mass is 16.3. The van der Waals surface area contributed by atoms with Gasteiger partial charge in [0.05, 0.1) is 6.10 Å². The molecule has 5 nitrogen and oxygen atoms in total. The molecule has 5 heteroatoms. The number of carbonyl (C=O) groups excluding carboxylic acids is 1. The lowest BCUT2D eigenvalue weighted by Gasteiger charge is -2.34. The van der Waals surface area contributed by atoms with Crippen molar-refractivity contribution in [3.63, 3.8) is 0 Å². The molecular formula is C19H28N2O3. The summed E-state index contributed by atoms with van der Waals surface area (Å²) in [6.07, 6.45) is 2.27. The summed E-state index contributed by atoms with van der Waals surface area (Å²) in [5.74, 6) is -0.188. The fourth-order valence-corrected chi connectivity index (χ4v) is 3.32. The van der Waals surface area contributed by atoms with E-state index in [2.05, 4.69) is 10.2 Å². The molecule has 132 valence electrons. The number of hydrogen-bond donors (Lipinski definition) is 3. The Labute approximate surface area is 143 Å². The number of amides is 1. The van der Waals surface area contributed by atoms with Crippen LogP contribution in [0.1, 0.15) is 42.9 Å². The van der Waals surface area contributed by atoms with Gasteiger partial charge in [0.25, 0.3) is 0 Å². The van der Waals surface area contributed by atoms with E-state index in [0.29, 0.717) is 6.54 Å². The number of likely N-dealkylation sites (tertiary alicyclic amines) is 1. The summed E-state index contributed by atoms with van der Waals surface area (Å²) in [6.45, 7) is 4.24. The van der Waals surface area contributed by atoms with E-state index in [1.165, 1.54) is 5.56 Å². The van der Waals surface area contributed by atoms with E-state index in [0.717, 1.165) is 44.3 Å². The summed E-state index contributed by atoms with van der Waals surface area (Å²) >= 11 is 0. The van der Waals surface area contributed by atoms with E-state index in [1.807, 2.05) is 31.2 Å². The summed E-state index contributed by atoms with van der Waals surface area (Å²) in [5.41, 5.74) is 2.12. The third-order valence-corrected chi connectivity index (χ3v) is 5.16. The third kappa shape index (κ3) is 4.56. The van der Waals surface area contributed by atoms with Crippen molar-refractivity contribution >= 4 is 5.91 Å². The first-order chi connectivity index (χ1) is 11.5. The highest BCUT2D eigenvalue weighted by Crippen LogP contribution is 2.25. The zero-order valence-corrected chi connectivity index (χ0v) is 14.3. The van der Waals surface area contributed by atoms with Crippen molar-refractivity contribution in [2.75, 3.05) is 19.6 Å². The number of aliphatic hydroxyl groups is 2. The molecule has 1 aliphatic carbocycles. The molecule has 1 aromatic rings. The lowest BCUT2D eigenvalue weighted by Crippen LogP contribution is -2.45. The van der Waals surface area contributed by atoms with Crippen molar-refractivity contribution < 1.29 is 15.0 Å². The fourth-order valence-electron chi connectivity index (χ4n) is 3.32. The Bertz CT molecular complexity index is 548. The van der Waals surface area contributed by atoms with E-state index in [1.54, 1.807) is 0 Å². The van der Waals surface area contributed by atoms with Crippen LogP contribution in [0.15, 0.2) is 24.3 Å². The standard InChI is InChI=1S/C19H28N2O3/c1-13-2-4-14(5-3-13)17(22)12-21-10-8-15(9-11-21)18(23)19(24)20-16-6-7-16/h2-5,15-18,22-23H,6-12H2,1H3,(H,20,24)/t17-,18+/m0/s1. The second-order valence-electron chi connectivity index (χ2n) is 7.29. The van der Waals surface area contributed by atoms with Gasteiger partial charge in [-0.25, -0.2) is 0 Å². The molecule has 0 bridgehead atoms. The molecule has 24 heavy (non-hydrogen) atoms. The smallest absolute Gasteiger partial charge is 0.249 e. The number of hydrogen-bond acceptors (Lipinski definition) is 4. The van der Waals surface area contributed by atoms with E-state index < -0.39 is 12.2 Å². The van der Waals surface area contributed by atoms with Crippen molar-refractivity contribution in [1.82, 2.24) is 10.2 Å². The lowest BCUT2D eigenvalue weighted by atomic mass is 9.90. The summed E-state index contributed by atoms with van der Waals surface area (Å²) in [6, 6.07) is 8.26. The maximum Gasteiger partial charge on any atom is 0.249 e. The van der Waals surface area contributed by atoms with Crippen LogP contribution >= 0.6 is 0 Å². The highest BCUT2D eigenvalue weighted by Gasteiger charge is 2.33. The third-order valence-electron chi connectivity index (χ3n) is 5.16. The number of carbonyl (C=O) groups is 1. The molecule has 0 spiro atoms. The van der Waals surface area contributed by atoms with Crippen LogP contribution in [-0.4, -0.2) is 52.8 Å². The van der Waals surface area contributed by atoms with E-state index in [4.69, 9.17) is 0 Å². The number of β-amino-alcohol motifs (C(OH)–C–C–N with tert-alkyl or cyclic N) is 1. The van der Waals surface area contributed by atoms with Gasteiger partial charge >= 0.3 is 0 Å². The Morgan fingerprint density at radius 1 is 1.17 bits per heavy atom. The minimum atomic E-state index is -0.894. The van der Waals surface area contributed by atoms with Crippen LogP contribution in [0, 0.1) is 12.8 Å². The molecule has 2 atom stereocenters. The number of piperidine rings is 1. The van der Waals surface area contributed by atoms with E-state index >= 15 is 0 Å². The van der Waals surface area contributed by atoms with Gasteiger partial charge < -0.3 is 20.4 Å². The number of benzene rings is 1. The predicted molar refractivity (Wildman–Crippen MR) is 92.5 cm³/mol. The topological polar surface area (TPSA) is 72.8 Å². The van der Waals surface area contributed by atoms with Crippen LogP contribution in [0.2, 0.25) is 0 Å². The van der Waals surface area contributed by atoms with Gasteiger partial charge in [-0.2, -0.15) is 0 Å². The second-order valence-corrected chi connectivity index (χ2v) is 7.29. The van der Waals surface area contributed by atoms with E-state index in [-0.39, 0.29) is 17.9 Å². The average molecular weight is 332 g/mol. The van der Waals surface area contributed by atoms with Gasteiger partial charge in [-0.3, -0.25) is 4.79 Å². The maximum absolute atomic E-state index is 11.9. The molecule has 1 amide bonds. The van der Waals surface area contributed by atoms with Gasteiger partial charge in [-0.15, -0.1) is 0 Å². The molecule has 3 rings (SSSR count). The van der Waals surface area contributed by atoms with Crippen LogP contribution in [0.5, 0.6) is 0 Å². The molecule has 0 unspecified atom stereocenters. The highest BCUT2D eigenvalue weighted by molar-refractivity contribution is 5.81. The molecule has 2 fully saturated rings. The first-order valence-corrected chi connectivity index (χ1v) is 8.98. The first kappa shape index (κ1) is 17.4. The Kier molecular flexibility index (Phi) is 5.54. The van der Waals surface area contributed by atoms with Crippen molar-refractivity contribution in [2.45, 2.75) is 50.9 Å². The van der Waals surface area contributed by atoms with Gasteiger partial charge in [0.15, 0.2) is 0 Å². The SMILES string of the molecule is Cc1ccc([C@@H](O)CN2CCC([C@@H](O)C(=O)NC3CC3)CC2)cc1. The summed E-state index contributed by atoms with van der Waals surface area (Å²) in [4.78, 5) is 14.2. The van der Waals surface area contributed by atoms with Crippen LogP contribution in [0.25, 0.3) is 0 Å². The van der Waals surface area contributed by atoms with Crippen molar-refractivity contribution in [3.05, 3.63) is 35.4 Å². The van der Waals surface area contributed by atoms with Crippen LogP contribution < -0.4 is 5.32 Å². The zero-order chi connectivity index (χ0) is 17.1. The Morgan fingerprint density at radius 2 is 1.79 bits per heavy atom. The molecule has 1 heterocycles. The Morgan fingerprint density at radius 3 is 2.38 bits per heavy atom. The number of nitrogens with one attached hydrogen (secondary N) is 1. The monoisotopic (exact) mass is 332 g/mol. The second kappa shape index (κ2) is 7.64. The molecule has 2 aliphatic rings. The predicted octanol–water partition coefficient (Wildman–Crippen LogP) is 1.38. The molecule has 0 aromatic heterocycles. The molecule has 1 saturated heterocycles. The number of nitrogens with zero attached hydrogens (tertiary/aromatic N) is 1. The largest absolute Gasteiger partial charge is 0.387 e. The van der Waals surface area contributed by atoms with Crippen molar-refractivity contribution in [1.29, 1.82) is 0 Å². The fraction of sp³-hybridized carbons (Fsp3) is 0.632. The molecule has 1 saturated carbocycles. The molecule has 3 N–H and O–H groups in total. The van der Waals surface area contributed by atoms with E-state index in [9.17, 15) is 15.0 Å². The number of aliphatic hydroxyl groups excluding tert-OH is 2. The number of rotatable bonds is 6. The van der Waals surface area contributed by atoms with Crippen LogP contribution in [-0.2, 0) is 4.79 Å². The van der Waals surface area contributed by atoms with Gasteiger partial charge in [0.2, 0.25) is 5.91 Å². The van der Waals surface area contributed by atoms with Gasteiger partial charge in [0, 0.05) is 12.6 Å². The molecular weight excluding hydrogens is 304 g/mol. The summed E-state index contributed by atoms with van der Waals surface area (Å²) in [7, 11) is 0. The molecule has 1 aromatic carbocycles. The minimum Gasteiger partial charge on any atom is -0.387 e. The first-order valence-electron chi connectivity index (χ1n) is 8.98. The van der Waals surface area contributed by atoms with Gasteiger partial charge in [0.1, 0.15) is 6.10 Å². The quantitative estimate of drug-likeness (QED) is 0.736. The average Bonchev–Trinajstić information content (AvgIpc) is 3.39. The van der Waals surface area contributed by atoms with Crippen LogP contribution in [0.4, 0.5) is 0 Å². The van der Waals surface area contributed by atoms with Crippen molar-refractivity contribution in [2.24, 2.45) is 5.92 Å². The zero-order valence-electron chi connectivity index (χ0n) is 14.3. The van der Waals surface area contributed by atoms with Crippen LogP contribution in [0.3, 0.4) is 0 Å². The lowest BCUT2D eigenvalue weighted by molar-refractivity contribution is -0.133. The van der Waals surface area contributed by atoms with Gasteiger partial charge in [-0.1, -0.05) is 29.8 Å². The van der Waals surface area contributed by atoms with Crippen molar-refractivity contribution in [3.8, 4) is 0 Å². The molecule has 1 aliphatic heterocycles.